The largest absolute Gasteiger partial charge is 0.573 e. The standard InChI is InChI=1S/C14H12F3NO3/c1-19-12-6-9(18)7-13(8-12)20-10-2-4-11(5-3-10)21-14(15,16)17/h2-8H,18H2,1H3. The van der Waals surface area contributed by atoms with Gasteiger partial charge in [0, 0.05) is 23.9 Å². The van der Waals surface area contributed by atoms with Crippen molar-refractivity contribution in [1.29, 1.82) is 0 Å². The zero-order valence-corrected chi connectivity index (χ0v) is 11.0. The molecular formula is C14H12F3NO3. The van der Waals surface area contributed by atoms with Gasteiger partial charge in [0.15, 0.2) is 0 Å². The fourth-order valence-electron chi connectivity index (χ4n) is 1.62. The highest BCUT2D eigenvalue weighted by Gasteiger charge is 2.30. The average molecular weight is 299 g/mol. The van der Waals surface area contributed by atoms with Crippen LogP contribution in [0, 0.1) is 0 Å². The molecule has 0 fully saturated rings. The normalized spacial score (nSPS) is 11.0. The van der Waals surface area contributed by atoms with Crippen LogP contribution >= 0.6 is 0 Å². The summed E-state index contributed by atoms with van der Waals surface area (Å²) in [4.78, 5) is 0. The van der Waals surface area contributed by atoms with Crippen molar-refractivity contribution in [2.75, 3.05) is 12.8 Å². The van der Waals surface area contributed by atoms with Crippen LogP contribution < -0.4 is 19.9 Å². The Hall–Kier alpha value is -2.57. The van der Waals surface area contributed by atoms with Crippen molar-refractivity contribution >= 4 is 5.69 Å². The molecule has 2 rings (SSSR count). The summed E-state index contributed by atoms with van der Waals surface area (Å²) < 4.78 is 50.4. The summed E-state index contributed by atoms with van der Waals surface area (Å²) in [5.41, 5.74) is 6.12. The molecule has 112 valence electrons. The number of nitrogen functional groups attached to an aromatic ring is 1. The number of rotatable bonds is 4. The minimum absolute atomic E-state index is 0.319. The molecule has 2 aromatic rings. The van der Waals surface area contributed by atoms with E-state index in [2.05, 4.69) is 4.74 Å². The van der Waals surface area contributed by atoms with Gasteiger partial charge < -0.3 is 19.9 Å². The van der Waals surface area contributed by atoms with Crippen LogP contribution in [0.4, 0.5) is 18.9 Å². The molecule has 0 spiro atoms. The van der Waals surface area contributed by atoms with Gasteiger partial charge in [-0.15, -0.1) is 13.2 Å². The molecule has 4 nitrogen and oxygen atoms in total. The van der Waals surface area contributed by atoms with E-state index < -0.39 is 6.36 Å². The van der Waals surface area contributed by atoms with Gasteiger partial charge in [-0.3, -0.25) is 0 Å². The maximum absolute atomic E-state index is 12.0. The molecule has 0 saturated heterocycles. The fraction of sp³-hybridized carbons (Fsp3) is 0.143. The van der Waals surface area contributed by atoms with Gasteiger partial charge in [-0.2, -0.15) is 0 Å². The molecule has 0 bridgehead atoms. The van der Waals surface area contributed by atoms with Crippen molar-refractivity contribution < 1.29 is 27.4 Å². The van der Waals surface area contributed by atoms with E-state index in [1.54, 1.807) is 18.2 Å². The molecule has 0 atom stereocenters. The van der Waals surface area contributed by atoms with Crippen LogP contribution in [-0.4, -0.2) is 13.5 Å². The van der Waals surface area contributed by atoms with Gasteiger partial charge in [-0.25, -0.2) is 0 Å². The Kier molecular flexibility index (Phi) is 4.11. The van der Waals surface area contributed by atoms with Crippen molar-refractivity contribution in [3.8, 4) is 23.0 Å². The minimum Gasteiger partial charge on any atom is -0.497 e. The van der Waals surface area contributed by atoms with Crippen molar-refractivity contribution in [3.63, 3.8) is 0 Å². The van der Waals surface area contributed by atoms with E-state index in [0.29, 0.717) is 22.9 Å². The third kappa shape index (κ3) is 4.48. The van der Waals surface area contributed by atoms with E-state index in [1.807, 2.05) is 0 Å². The van der Waals surface area contributed by atoms with Crippen LogP contribution in [0.5, 0.6) is 23.0 Å². The van der Waals surface area contributed by atoms with Gasteiger partial charge in [0.25, 0.3) is 0 Å². The van der Waals surface area contributed by atoms with E-state index in [9.17, 15) is 13.2 Å². The smallest absolute Gasteiger partial charge is 0.497 e. The monoisotopic (exact) mass is 299 g/mol. The zero-order valence-electron chi connectivity index (χ0n) is 11.0. The second-order valence-electron chi connectivity index (χ2n) is 4.06. The number of anilines is 1. The predicted molar refractivity (Wildman–Crippen MR) is 70.6 cm³/mol. The van der Waals surface area contributed by atoms with E-state index in [0.717, 1.165) is 12.1 Å². The number of halogens is 3. The number of methoxy groups -OCH3 is 1. The molecule has 0 heterocycles. The van der Waals surface area contributed by atoms with Crippen LogP contribution in [0.15, 0.2) is 42.5 Å². The lowest BCUT2D eigenvalue weighted by Crippen LogP contribution is -2.16. The van der Waals surface area contributed by atoms with E-state index in [4.69, 9.17) is 15.2 Å². The number of benzene rings is 2. The summed E-state index contributed by atoms with van der Waals surface area (Å²) in [7, 11) is 1.49. The van der Waals surface area contributed by atoms with Gasteiger partial charge in [-0.05, 0) is 24.3 Å². The van der Waals surface area contributed by atoms with Crippen molar-refractivity contribution in [1.82, 2.24) is 0 Å². The molecule has 0 aromatic heterocycles. The zero-order chi connectivity index (χ0) is 15.5. The summed E-state index contributed by atoms with van der Waals surface area (Å²) in [6.45, 7) is 0. The lowest BCUT2D eigenvalue weighted by atomic mass is 10.3. The molecule has 7 heteroatoms. The fourth-order valence-corrected chi connectivity index (χ4v) is 1.62. The summed E-state index contributed by atoms with van der Waals surface area (Å²) >= 11 is 0. The van der Waals surface area contributed by atoms with Crippen LogP contribution in [0.1, 0.15) is 0 Å². The Morgan fingerprint density at radius 2 is 1.43 bits per heavy atom. The molecule has 0 saturated carbocycles. The summed E-state index contributed by atoms with van der Waals surface area (Å²) in [5, 5.41) is 0. The van der Waals surface area contributed by atoms with Crippen molar-refractivity contribution in [2.45, 2.75) is 6.36 Å². The van der Waals surface area contributed by atoms with Crippen molar-refractivity contribution in [3.05, 3.63) is 42.5 Å². The molecule has 0 aliphatic carbocycles. The van der Waals surface area contributed by atoms with Gasteiger partial charge in [0.2, 0.25) is 0 Å². The molecular weight excluding hydrogens is 287 g/mol. The lowest BCUT2D eigenvalue weighted by Gasteiger charge is -2.11. The average Bonchev–Trinajstić information content (AvgIpc) is 2.38. The third-order valence-electron chi connectivity index (χ3n) is 2.43. The molecule has 2 aromatic carbocycles. The second-order valence-corrected chi connectivity index (χ2v) is 4.06. The Labute approximate surface area is 118 Å². The number of alkyl halides is 3. The highest BCUT2D eigenvalue weighted by molar-refractivity contribution is 5.51. The third-order valence-corrected chi connectivity index (χ3v) is 2.43. The number of hydrogen-bond acceptors (Lipinski definition) is 4. The molecule has 21 heavy (non-hydrogen) atoms. The molecule has 0 aliphatic rings. The molecule has 0 aliphatic heterocycles. The topological polar surface area (TPSA) is 53.7 Å². The van der Waals surface area contributed by atoms with E-state index >= 15 is 0 Å². The Morgan fingerprint density at radius 3 is 2.00 bits per heavy atom. The molecule has 0 radical (unpaired) electrons. The maximum Gasteiger partial charge on any atom is 0.573 e. The first-order chi connectivity index (χ1) is 9.85. The van der Waals surface area contributed by atoms with E-state index in [1.165, 1.54) is 19.2 Å². The van der Waals surface area contributed by atoms with Crippen LogP contribution in [0.2, 0.25) is 0 Å². The first-order valence-corrected chi connectivity index (χ1v) is 5.84. The highest BCUT2D eigenvalue weighted by Crippen LogP contribution is 2.30. The number of hydrogen-bond donors (Lipinski definition) is 1. The highest BCUT2D eigenvalue weighted by atomic mass is 19.4. The molecule has 0 unspecified atom stereocenters. The maximum atomic E-state index is 12.0. The minimum atomic E-state index is -4.72. The number of ether oxygens (including phenoxy) is 3. The second kappa shape index (κ2) is 5.82. The summed E-state index contributed by atoms with van der Waals surface area (Å²) in [5.74, 6) is 0.954. The van der Waals surface area contributed by atoms with Crippen molar-refractivity contribution in [2.24, 2.45) is 0 Å². The van der Waals surface area contributed by atoms with Gasteiger partial charge in [0.1, 0.15) is 23.0 Å². The Bertz CT molecular complexity index is 612. The van der Waals surface area contributed by atoms with Gasteiger partial charge >= 0.3 is 6.36 Å². The molecule has 0 amide bonds. The summed E-state index contributed by atoms with van der Waals surface area (Å²) in [6, 6.07) is 9.83. The quantitative estimate of drug-likeness (QED) is 0.868. The van der Waals surface area contributed by atoms with Gasteiger partial charge in [-0.1, -0.05) is 0 Å². The Morgan fingerprint density at radius 1 is 0.857 bits per heavy atom. The lowest BCUT2D eigenvalue weighted by molar-refractivity contribution is -0.274. The first-order valence-electron chi connectivity index (χ1n) is 5.84. The first kappa shape index (κ1) is 14.8. The van der Waals surface area contributed by atoms with Gasteiger partial charge in [0.05, 0.1) is 7.11 Å². The van der Waals surface area contributed by atoms with Crippen LogP contribution in [0.3, 0.4) is 0 Å². The van der Waals surface area contributed by atoms with Crippen LogP contribution in [0.25, 0.3) is 0 Å². The van der Waals surface area contributed by atoms with Crippen LogP contribution in [-0.2, 0) is 0 Å². The Balaban J connectivity index is 2.11. The predicted octanol–water partition coefficient (Wildman–Crippen LogP) is 3.97. The number of nitrogens with two attached hydrogens (primary N) is 1. The molecule has 2 N–H and O–H groups in total. The summed E-state index contributed by atoms with van der Waals surface area (Å²) in [6.07, 6.45) is -4.72. The van der Waals surface area contributed by atoms with E-state index in [-0.39, 0.29) is 5.75 Å². The SMILES string of the molecule is COc1cc(N)cc(Oc2ccc(OC(F)(F)F)cc2)c1.